The smallest absolute Gasteiger partial charge is 0.331 e. The van der Waals surface area contributed by atoms with Gasteiger partial charge in [0.15, 0.2) is 6.61 Å². The molecule has 1 aliphatic heterocycles. The van der Waals surface area contributed by atoms with Crippen molar-refractivity contribution < 1.29 is 14.3 Å². The Hall–Kier alpha value is -3.15. The van der Waals surface area contributed by atoms with E-state index in [-0.39, 0.29) is 12.5 Å². The van der Waals surface area contributed by atoms with E-state index in [2.05, 4.69) is 29.6 Å². The van der Waals surface area contributed by atoms with Gasteiger partial charge in [0.05, 0.1) is 12.3 Å². The van der Waals surface area contributed by atoms with Crippen LogP contribution in [-0.2, 0) is 14.3 Å². The molecule has 0 radical (unpaired) electrons. The van der Waals surface area contributed by atoms with Crippen molar-refractivity contribution in [1.29, 1.82) is 0 Å². The maximum absolute atomic E-state index is 12.3. The number of benzene rings is 1. The van der Waals surface area contributed by atoms with Crippen LogP contribution in [0.15, 0.2) is 47.6 Å². The highest BCUT2D eigenvalue weighted by Crippen LogP contribution is 2.38. The van der Waals surface area contributed by atoms with Crippen LogP contribution < -0.4 is 0 Å². The van der Waals surface area contributed by atoms with Gasteiger partial charge in [0, 0.05) is 29.9 Å². The molecule has 6 heteroatoms. The van der Waals surface area contributed by atoms with Crippen molar-refractivity contribution in [3.8, 4) is 0 Å². The molecular weight excluding hydrogens is 366 g/mol. The average Bonchev–Trinajstić information content (AvgIpc) is 3.35. The highest BCUT2D eigenvalue weighted by atomic mass is 16.5. The van der Waals surface area contributed by atoms with Gasteiger partial charge in [0.2, 0.25) is 0 Å². The van der Waals surface area contributed by atoms with Crippen LogP contribution in [0.4, 0.5) is 0 Å². The number of aryl methyl sites for hydroxylation is 1. The van der Waals surface area contributed by atoms with Crippen LogP contribution in [0.2, 0.25) is 0 Å². The molecule has 0 N–H and O–H groups in total. The van der Waals surface area contributed by atoms with Gasteiger partial charge < -0.3 is 9.30 Å². The van der Waals surface area contributed by atoms with E-state index in [1.165, 1.54) is 29.6 Å². The Morgan fingerprint density at radius 2 is 1.97 bits per heavy atom. The van der Waals surface area contributed by atoms with Gasteiger partial charge in [0.1, 0.15) is 0 Å². The Labute approximate surface area is 170 Å². The number of carbonyl (C=O) groups is 2. The topological polar surface area (TPSA) is 63.9 Å². The summed E-state index contributed by atoms with van der Waals surface area (Å²) in [5.74, 6) is -0.842. The first-order valence-electron chi connectivity index (χ1n) is 9.99. The van der Waals surface area contributed by atoms with Crippen molar-refractivity contribution in [2.24, 2.45) is 5.10 Å². The van der Waals surface area contributed by atoms with Crippen molar-refractivity contribution in [2.45, 2.75) is 39.2 Å². The van der Waals surface area contributed by atoms with Crippen LogP contribution in [0.3, 0.4) is 0 Å². The number of carbonyl (C=O) groups excluding carboxylic acids is 2. The van der Waals surface area contributed by atoms with Crippen molar-refractivity contribution in [1.82, 2.24) is 9.58 Å². The molecule has 150 valence electrons. The molecule has 1 aromatic carbocycles. The molecule has 2 heterocycles. The quantitative estimate of drug-likeness (QED) is 0.558. The summed E-state index contributed by atoms with van der Waals surface area (Å²) in [5.41, 5.74) is 5.25. The molecule has 0 saturated heterocycles. The van der Waals surface area contributed by atoms with Gasteiger partial charge in [-0.25, -0.2) is 9.80 Å². The van der Waals surface area contributed by atoms with E-state index < -0.39 is 5.97 Å². The standard InChI is InChI=1S/C23H25N3O3/c1-16-14-19(17(2)26(16)20-9-10-20)8-11-23(28)29-15-22(27)25-13-12-21(24-25)18-6-4-3-5-7-18/h3-8,11,14,20H,9-10,12-13,15H2,1-2H3/b11-8+. The van der Waals surface area contributed by atoms with Crippen LogP contribution in [0.25, 0.3) is 6.08 Å². The monoisotopic (exact) mass is 391 g/mol. The summed E-state index contributed by atoms with van der Waals surface area (Å²) in [6, 6.07) is 12.4. The van der Waals surface area contributed by atoms with E-state index in [9.17, 15) is 9.59 Å². The SMILES string of the molecule is Cc1cc(/C=C/C(=O)OCC(=O)N2CCC(c3ccccc3)=N2)c(C)n1C1CC1. The zero-order chi connectivity index (χ0) is 20.4. The molecule has 0 spiro atoms. The molecule has 1 fully saturated rings. The Morgan fingerprint density at radius 3 is 2.69 bits per heavy atom. The number of nitrogens with zero attached hydrogens (tertiary/aromatic N) is 3. The second kappa shape index (κ2) is 8.07. The minimum absolute atomic E-state index is 0.310. The van der Waals surface area contributed by atoms with Gasteiger partial charge in [-0.1, -0.05) is 30.3 Å². The summed E-state index contributed by atoms with van der Waals surface area (Å²) in [7, 11) is 0. The van der Waals surface area contributed by atoms with Crippen LogP contribution in [0.5, 0.6) is 0 Å². The molecule has 6 nitrogen and oxygen atoms in total. The molecule has 1 saturated carbocycles. The van der Waals surface area contributed by atoms with Gasteiger partial charge in [-0.15, -0.1) is 0 Å². The largest absolute Gasteiger partial charge is 0.452 e. The van der Waals surface area contributed by atoms with Crippen LogP contribution in [0, 0.1) is 13.8 Å². The third kappa shape index (κ3) is 4.31. The second-order valence-electron chi connectivity index (χ2n) is 7.55. The predicted molar refractivity (Wildman–Crippen MR) is 111 cm³/mol. The van der Waals surface area contributed by atoms with Crippen LogP contribution in [-0.4, -0.2) is 40.3 Å². The number of aromatic nitrogens is 1. The molecular formula is C23H25N3O3. The Bertz CT molecular complexity index is 984. The molecule has 1 aliphatic carbocycles. The number of amides is 1. The summed E-state index contributed by atoms with van der Waals surface area (Å²) in [5, 5.41) is 5.74. The van der Waals surface area contributed by atoms with Crippen LogP contribution in [0.1, 0.15) is 47.8 Å². The maximum Gasteiger partial charge on any atom is 0.331 e. The summed E-state index contributed by atoms with van der Waals surface area (Å²) in [6.07, 6.45) is 6.27. The molecule has 2 aliphatic rings. The van der Waals surface area contributed by atoms with Gasteiger partial charge in [-0.2, -0.15) is 5.10 Å². The summed E-state index contributed by atoms with van der Waals surface area (Å²) in [4.78, 5) is 24.3. The van der Waals surface area contributed by atoms with Crippen molar-refractivity contribution in [3.05, 3.63) is 65.0 Å². The molecule has 0 atom stereocenters. The molecule has 0 bridgehead atoms. The average molecular weight is 391 g/mol. The van der Waals surface area contributed by atoms with Crippen molar-refractivity contribution in [2.75, 3.05) is 13.2 Å². The number of esters is 1. The fraction of sp³-hybridized carbons (Fsp3) is 0.348. The second-order valence-corrected chi connectivity index (χ2v) is 7.55. The normalized spacial score (nSPS) is 16.3. The van der Waals surface area contributed by atoms with Gasteiger partial charge >= 0.3 is 5.97 Å². The lowest BCUT2D eigenvalue weighted by molar-refractivity contribution is -0.147. The van der Waals surface area contributed by atoms with Crippen LogP contribution >= 0.6 is 0 Å². The van der Waals surface area contributed by atoms with Gasteiger partial charge in [-0.3, -0.25) is 4.79 Å². The molecule has 4 rings (SSSR count). The minimum Gasteiger partial charge on any atom is -0.452 e. The van der Waals surface area contributed by atoms with E-state index in [1.54, 1.807) is 6.08 Å². The lowest BCUT2D eigenvalue weighted by atomic mass is 10.1. The molecule has 0 unspecified atom stereocenters. The van der Waals surface area contributed by atoms with Gasteiger partial charge in [0.25, 0.3) is 5.91 Å². The predicted octanol–water partition coefficient (Wildman–Crippen LogP) is 3.63. The first kappa shape index (κ1) is 19.2. The summed E-state index contributed by atoms with van der Waals surface area (Å²) >= 11 is 0. The molecule has 2 aromatic rings. The van der Waals surface area contributed by atoms with E-state index in [1.807, 2.05) is 30.3 Å². The van der Waals surface area contributed by atoms with Crippen molar-refractivity contribution in [3.63, 3.8) is 0 Å². The lowest BCUT2D eigenvalue weighted by Crippen LogP contribution is -2.28. The highest BCUT2D eigenvalue weighted by molar-refractivity contribution is 6.02. The number of hydrogen-bond donors (Lipinski definition) is 0. The molecule has 29 heavy (non-hydrogen) atoms. The Balaban J connectivity index is 1.31. The zero-order valence-corrected chi connectivity index (χ0v) is 16.8. The lowest BCUT2D eigenvalue weighted by Gasteiger charge is -2.10. The highest BCUT2D eigenvalue weighted by Gasteiger charge is 2.26. The number of hydrogen-bond acceptors (Lipinski definition) is 4. The molecule has 1 aromatic heterocycles. The van der Waals surface area contributed by atoms with E-state index in [0.717, 1.165) is 22.5 Å². The van der Waals surface area contributed by atoms with E-state index >= 15 is 0 Å². The third-order valence-electron chi connectivity index (χ3n) is 5.37. The zero-order valence-electron chi connectivity index (χ0n) is 16.8. The maximum atomic E-state index is 12.3. The third-order valence-corrected chi connectivity index (χ3v) is 5.37. The van der Waals surface area contributed by atoms with E-state index in [0.29, 0.717) is 19.0 Å². The number of ether oxygens (including phenoxy) is 1. The fourth-order valence-electron chi connectivity index (χ4n) is 3.75. The Kier molecular flexibility index (Phi) is 5.34. The van der Waals surface area contributed by atoms with E-state index in [4.69, 9.17) is 4.74 Å². The number of rotatable bonds is 6. The molecule has 1 amide bonds. The van der Waals surface area contributed by atoms with Gasteiger partial charge in [-0.05, 0) is 50.0 Å². The van der Waals surface area contributed by atoms with Crippen molar-refractivity contribution >= 4 is 23.7 Å². The fourth-order valence-corrected chi connectivity index (χ4v) is 3.75. The summed E-state index contributed by atoms with van der Waals surface area (Å²) in [6.45, 7) is 4.34. The minimum atomic E-state index is -0.527. The summed E-state index contributed by atoms with van der Waals surface area (Å²) < 4.78 is 7.45. The first-order chi connectivity index (χ1) is 14.0. The Morgan fingerprint density at radius 1 is 1.21 bits per heavy atom. The first-order valence-corrected chi connectivity index (χ1v) is 9.99. The number of hydrazone groups is 1.